The van der Waals surface area contributed by atoms with E-state index in [0.717, 1.165) is 38.6 Å². The molecule has 156 valence electrons. The lowest BCUT2D eigenvalue weighted by atomic mass is 10.0. The van der Waals surface area contributed by atoms with E-state index in [4.69, 9.17) is 4.74 Å². The number of rotatable bonds is 7. The highest BCUT2D eigenvalue weighted by Crippen LogP contribution is 2.28. The predicted molar refractivity (Wildman–Crippen MR) is 99.9 cm³/mol. The molecule has 1 aliphatic carbocycles. The summed E-state index contributed by atoms with van der Waals surface area (Å²) in [7, 11) is 0. The SMILES string of the molecule is OCC1CCCCN1c1nc(NC2CC2)nc(N[C@@H]2O[C@H](CO)[C@@H](O)[C@H]2O)n1. The molecule has 3 fully saturated rings. The normalized spacial score (nSPS) is 33.1. The van der Waals surface area contributed by atoms with Gasteiger partial charge < -0.3 is 40.7 Å². The predicted octanol–water partition coefficient (Wildman–Crippen LogP) is -1.35. The smallest absolute Gasteiger partial charge is 0.232 e. The second kappa shape index (κ2) is 8.29. The first-order valence-corrected chi connectivity index (χ1v) is 9.88. The lowest BCUT2D eigenvalue weighted by Crippen LogP contribution is -2.43. The number of hydrogen-bond donors (Lipinski definition) is 6. The quantitative estimate of drug-likeness (QED) is 0.324. The second-order valence-corrected chi connectivity index (χ2v) is 7.63. The van der Waals surface area contributed by atoms with E-state index in [1.807, 2.05) is 4.90 Å². The Morgan fingerprint density at radius 1 is 0.929 bits per heavy atom. The summed E-state index contributed by atoms with van der Waals surface area (Å²) in [6.45, 7) is 0.360. The fraction of sp³-hybridized carbons (Fsp3) is 0.824. The molecule has 28 heavy (non-hydrogen) atoms. The number of anilines is 3. The summed E-state index contributed by atoms with van der Waals surface area (Å²) < 4.78 is 5.46. The van der Waals surface area contributed by atoms with Crippen LogP contribution in [0.2, 0.25) is 0 Å². The minimum Gasteiger partial charge on any atom is -0.394 e. The topological polar surface area (TPSA) is 156 Å². The van der Waals surface area contributed by atoms with Crippen LogP contribution < -0.4 is 15.5 Å². The van der Waals surface area contributed by atoms with Crippen molar-refractivity contribution >= 4 is 17.8 Å². The van der Waals surface area contributed by atoms with Crippen molar-refractivity contribution in [1.82, 2.24) is 15.0 Å². The summed E-state index contributed by atoms with van der Waals surface area (Å²) >= 11 is 0. The largest absolute Gasteiger partial charge is 0.394 e. The second-order valence-electron chi connectivity index (χ2n) is 7.63. The van der Waals surface area contributed by atoms with Crippen molar-refractivity contribution in [2.45, 2.75) is 68.7 Å². The molecule has 6 N–H and O–H groups in total. The van der Waals surface area contributed by atoms with Crippen molar-refractivity contribution in [3.8, 4) is 0 Å². The van der Waals surface area contributed by atoms with Gasteiger partial charge in [-0.2, -0.15) is 15.0 Å². The van der Waals surface area contributed by atoms with Gasteiger partial charge >= 0.3 is 0 Å². The van der Waals surface area contributed by atoms with Crippen LogP contribution in [0.3, 0.4) is 0 Å². The van der Waals surface area contributed by atoms with Gasteiger partial charge in [-0.25, -0.2) is 0 Å². The molecule has 3 heterocycles. The van der Waals surface area contributed by atoms with Crippen LogP contribution in [-0.4, -0.2) is 91.8 Å². The van der Waals surface area contributed by atoms with Gasteiger partial charge in [-0.3, -0.25) is 0 Å². The number of nitrogens with one attached hydrogen (secondary N) is 2. The Hall–Kier alpha value is -1.79. The highest BCUT2D eigenvalue weighted by Gasteiger charge is 2.43. The minimum atomic E-state index is -1.22. The Kier molecular flexibility index (Phi) is 5.78. The summed E-state index contributed by atoms with van der Waals surface area (Å²) in [5.41, 5.74) is 0. The van der Waals surface area contributed by atoms with Crippen LogP contribution in [0.25, 0.3) is 0 Å². The zero-order valence-electron chi connectivity index (χ0n) is 15.6. The molecule has 3 aliphatic rings. The Bertz CT molecular complexity index is 677. The molecule has 1 unspecified atom stereocenters. The summed E-state index contributed by atoms with van der Waals surface area (Å²) in [6.07, 6.45) is 0.767. The van der Waals surface area contributed by atoms with E-state index in [9.17, 15) is 20.4 Å². The molecule has 0 amide bonds. The zero-order chi connectivity index (χ0) is 19.7. The average molecular weight is 396 g/mol. The van der Waals surface area contributed by atoms with Crippen molar-refractivity contribution in [1.29, 1.82) is 0 Å². The first-order valence-electron chi connectivity index (χ1n) is 9.88. The molecular weight excluding hydrogens is 368 g/mol. The van der Waals surface area contributed by atoms with Crippen LogP contribution in [0.15, 0.2) is 0 Å². The molecule has 0 aromatic carbocycles. The molecule has 1 aromatic heterocycles. The van der Waals surface area contributed by atoms with Gasteiger partial charge in [0.1, 0.15) is 18.3 Å². The van der Waals surface area contributed by atoms with Crippen LogP contribution in [0.1, 0.15) is 32.1 Å². The molecule has 2 aliphatic heterocycles. The Morgan fingerprint density at radius 2 is 1.68 bits per heavy atom. The van der Waals surface area contributed by atoms with Crippen molar-refractivity contribution in [2.75, 3.05) is 35.3 Å². The van der Waals surface area contributed by atoms with Gasteiger partial charge in [0.2, 0.25) is 17.8 Å². The van der Waals surface area contributed by atoms with E-state index >= 15 is 0 Å². The summed E-state index contributed by atoms with van der Waals surface area (Å²) in [5.74, 6) is 1.07. The van der Waals surface area contributed by atoms with E-state index in [1.54, 1.807) is 0 Å². The number of ether oxygens (including phenoxy) is 1. The molecule has 11 heteroatoms. The molecular formula is C17H28N6O5. The highest BCUT2D eigenvalue weighted by molar-refractivity contribution is 5.46. The van der Waals surface area contributed by atoms with Crippen molar-refractivity contribution in [2.24, 2.45) is 0 Å². The Balaban J connectivity index is 1.57. The maximum atomic E-state index is 10.2. The number of hydrogen-bond acceptors (Lipinski definition) is 11. The fourth-order valence-electron chi connectivity index (χ4n) is 3.63. The number of aliphatic hydroxyl groups excluding tert-OH is 4. The van der Waals surface area contributed by atoms with Crippen LogP contribution in [0.4, 0.5) is 17.8 Å². The van der Waals surface area contributed by atoms with Gasteiger partial charge in [-0.15, -0.1) is 0 Å². The van der Waals surface area contributed by atoms with Gasteiger partial charge in [-0.05, 0) is 32.1 Å². The van der Waals surface area contributed by atoms with Crippen LogP contribution in [0.5, 0.6) is 0 Å². The number of nitrogens with zero attached hydrogens (tertiary/aromatic N) is 4. The summed E-state index contributed by atoms with van der Waals surface area (Å²) in [4.78, 5) is 15.3. The maximum Gasteiger partial charge on any atom is 0.232 e. The average Bonchev–Trinajstić information content (AvgIpc) is 3.49. The molecule has 0 spiro atoms. The maximum absolute atomic E-state index is 10.2. The van der Waals surface area contributed by atoms with Gasteiger partial charge in [0.15, 0.2) is 6.23 Å². The molecule has 5 atom stereocenters. The third-order valence-electron chi connectivity index (χ3n) is 5.44. The van der Waals surface area contributed by atoms with Crippen molar-refractivity contribution in [3.05, 3.63) is 0 Å². The molecule has 2 saturated heterocycles. The molecule has 1 aromatic rings. The third kappa shape index (κ3) is 4.13. The molecule has 11 nitrogen and oxygen atoms in total. The summed E-state index contributed by atoms with van der Waals surface area (Å²) in [5, 5.41) is 45.2. The fourth-order valence-corrected chi connectivity index (χ4v) is 3.63. The minimum absolute atomic E-state index is 0.0225. The monoisotopic (exact) mass is 396 g/mol. The third-order valence-corrected chi connectivity index (χ3v) is 5.44. The molecule has 1 saturated carbocycles. The first-order chi connectivity index (χ1) is 13.6. The standard InChI is InChI=1S/C17H28N6O5/c24-7-10-3-1-2-6-23(10)17-21-15(18-9-4-5-9)20-16(22-17)19-14-13(27)12(26)11(8-25)28-14/h9-14,24-27H,1-8H2,(H2,18,19,20,21,22)/t10?,11-,12-,13-,14-/m1/s1. The number of piperidine rings is 1. The molecule has 0 bridgehead atoms. The Morgan fingerprint density at radius 3 is 2.32 bits per heavy atom. The van der Waals surface area contributed by atoms with Gasteiger partial charge in [-0.1, -0.05) is 0 Å². The van der Waals surface area contributed by atoms with Crippen LogP contribution >= 0.6 is 0 Å². The number of aliphatic hydroxyl groups is 4. The first kappa shape index (κ1) is 19.5. The van der Waals surface area contributed by atoms with Gasteiger partial charge in [0.05, 0.1) is 19.3 Å². The van der Waals surface area contributed by atoms with Crippen LogP contribution in [-0.2, 0) is 4.74 Å². The van der Waals surface area contributed by atoms with E-state index < -0.39 is 31.1 Å². The van der Waals surface area contributed by atoms with Crippen LogP contribution in [0, 0.1) is 0 Å². The number of aromatic nitrogens is 3. The van der Waals surface area contributed by atoms with E-state index in [-0.39, 0.29) is 18.6 Å². The Labute approximate surface area is 162 Å². The van der Waals surface area contributed by atoms with E-state index in [1.165, 1.54) is 0 Å². The molecule has 0 radical (unpaired) electrons. The van der Waals surface area contributed by atoms with Gasteiger partial charge in [0.25, 0.3) is 0 Å². The lowest BCUT2D eigenvalue weighted by molar-refractivity contribution is -0.0154. The molecule has 4 rings (SSSR count). The van der Waals surface area contributed by atoms with Crippen molar-refractivity contribution < 1.29 is 25.2 Å². The van der Waals surface area contributed by atoms with E-state index in [0.29, 0.717) is 17.9 Å². The van der Waals surface area contributed by atoms with E-state index in [2.05, 4.69) is 25.6 Å². The zero-order valence-corrected chi connectivity index (χ0v) is 15.6. The lowest BCUT2D eigenvalue weighted by Gasteiger charge is -2.34. The van der Waals surface area contributed by atoms with Gasteiger partial charge in [0, 0.05) is 12.6 Å². The highest BCUT2D eigenvalue weighted by atomic mass is 16.6. The van der Waals surface area contributed by atoms with Crippen molar-refractivity contribution in [3.63, 3.8) is 0 Å². The summed E-state index contributed by atoms with van der Waals surface area (Å²) in [6, 6.07) is 0.290.